The molecule has 8 heteroatoms. The third kappa shape index (κ3) is 5.54. The molecule has 0 N–H and O–H groups in total. The summed E-state index contributed by atoms with van der Waals surface area (Å²) >= 11 is 0. The van der Waals surface area contributed by atoms with E-state index in [0.717, 1.165) is 19.1 Å². The van der Waals surface area contributed by atoms with Gasteiger partial charge in [0.1, 0.15) is 12.3 Å². The Bertz CT molecular complexity index is 696. The third-order valence-electron chi connectivity index (χ3n) is 5.70. The highest BCUT2D eigenvalue weighted by Crippen LogP contribution is 2.39. The molecule has 1 aliphatic heterocycles. The van der Waals surface area contributed by atoms with Crippen LogP contribution in [0, 0.1) is 0 Å². The van der Waals surface area contributed by atoms with Crippen LogP contribution in [0.25, 0.3) is 0 Å². The van der Waals surface area contributed by atoms with Gasteiger partial charge in [0, 0.05) is 25.3 Å². The van der Waals surface area contributed by atoms with Crippen LogP contribution in [-0.4, -0.2) is 60.4 Å². The van der Waals surface area contributed by atoms with Crippen LogP contribution in [0.3, 0.4) is 0 Å². The van der Waals surface area contributed by atoms with Crippen molar-refractivity contribution < 1.29 is 18.8 Å². The minimum absolute atomic E-state index is 0.00972. The zero-order chi connectivity index (χ0) is 20.9. The van der Waals surface area contributed by atoms with E-state index in [1.807, 2.05) is 4.57 Å². The topological polar surface area (TPSA) is 73.7 Å². The predicted molar refractivity (Wildman–Crippen MR) is 111 cm³/mol. The number of carbonyl (C=O) groups excluding carboxylic acids is 2. The van der Waals surface area contributed by atoms with Gasteiger partial charge in [0.15, 0.2) is 14.6 Å². The number of nitrogens with zero attached hydrogens (tertiary/aromatic N) is 3. The first-order chi connectivity index (χ1) is 13.1. The molecule has 1 amide bonds. The van der Waals surface area contributed by atoms with Crippen LogP contribution < -0.4 is 0 Å². The van der Waals surface area contributed by atoms with Gasteiger partial charge in [-0.15, -0.1) is 0 Å². The van der Waals surface area contributed by atoms with Gasteiger partial charge in [-0.3, -0.25) is 4.79 Å². The Morgan fingerprint density at radius 1 is 1.43 bits per heavy atom. The van der Waals surface area contributed by atoms with Crippen molar-refractivity contribution in [1.29, 1.82) is 0 Å². The Labute approximate surface area is 168 Å². The van der Waals surface area contributed by atoms with Crippen LogP contribution in [0.15, 0.2) is 25.2 Å². The molecule has 1 aromatic heterocycles. The van der Waals surface area contributed by atoms with E-state index in [1.54, 1.807) is 23.5 Å². The number of rotatable bonds is 8. The van der Waals surface area contributed by atoms with Crippen molar-refractivity contribution in [3.05, 3.63) is 30.9 Å². The van der Waals surface area contributed by atoms with Gasteiger partial charge in [0.25, 0.3) is 0 Å². The molecule has 1 aromatic rings. The summed E-state index contributed by atoms with van der Waals surface area (Å²) in [6, 6.07) is 0.0224. The zero-order valence-electron chi connectivity index (χ0n) is 17.7. The van der Waals surface area contributed by atoms with Gasteiger partial charge < -0.3 is 18.6 Å². The maximum atomic E-state index is 12.5. The number of hydrogen-bond acceptors (Lipinski definition) is 5. The second kappa shape index (κ2) is 9.04. The fourth-order valence-electron chi connectivity index (χ4n) is 3.12. The molecule has 2 unspecified atom stereocenters. The summed E-state index contributed by atoms with van der Waals surface area (Å²) in [6.07, 6.45) is 6.86. The van der Waals surface area contributed by atoms with Gasteiger partial charge in [-0.1, -0.05) is 33.4 Å². The number of amides is 1. The quantitative estimate of drug-likeness (QED) is 0.371. The van der Waals surface area contributed by atoms with E-state index >= 15 is 0 Å². The lowest BCUT2D eigenvalue weighted by Gasteiger charge is -2.38. The largest absolute Gasteiger partial charge is 0.445 e. The Morgan fingerprint density at radius 2 is 2.14 bits per heavy atom. The molecule has 1 saturated heterocycles. The normalized spacial score (nSPS) is 20.2. The van der Waals surface area contributed by atoms with Crippen molar-refractivity contribution in [1.82, 2.24) is 14.5 Å². The molecule has 0 aromatic carbocycles. The first kappa shape index (κ1) is 22.4. The van der Waals surface area contributed by atoms with Crippen molar-refractivity contribution in [2.75, 3.05) is 13.2 Å². The highest BCUT2D eigenvalue weighted by Gasteiger charge is 2.43. The van der Waals surface area contributed by atoms with Crippen LogP contribution in [0.5, 0.6) is 0 Å². The van der Waals surface area contributed by atoms with Gasteiger partial charge in [-0.05, 0) is 31.0 Å². The first-order valence-corrected chi connectivity index (χ1v) is 12.7. The number of ether oxygens (including phenoxy) is 1. The average molecular weight is 408 g/mol. The summed E-state index contributed by atoms with van der Waals surface area (Å²) in [7, 11) is -1.93. The maximum absolute atomic E-state index is 12.5. The van der Waals surface area contributed by atoms with Crippen molar-refractivity contribution in [3.8, 4) is 0 Å². The lowest BCUT2D eigenvalue weighted by molar-refractivity contribution is 0.101. The highest BCUT2D eigenvalue weighted by atomic mass is 28.4. The molecule has 2 atom stereocenters. The molecule has 0 radical (unpaired) electrons. The molecule has 7 nitrogen and oxygen atoms in total. The molecule has 0 aliphatic carbocycles. The molecule has 0 saturated carbocycles. The minimum atomic E-state index is -1.93. The SMILES string of the molecule is C=CCOC(=O)N1CC(O[Si](C)(C)C(C)(C)C)CC1CCn1cnc(C=O)c1. The molecule has 28 heavy (non-hydrogen) atoms. The first-order valence-electron chi connectivity index (χ1n) is 9.76. The number of hydrogen-bond donors (Lipinski definition) is 0. The number of imidazole rings is 1. The number of carbonyl (C=O) groups is 2. The number of aldehydes is 1. The van der Waals surface area contributed by atoms with Crippen LogP contribution >= 0.6 is 0 Å². The van der Waals surface area contributed by atoms with Crippen LogP contribution in [-0.2, 0) is 15.7 Å². The van der Waals surface area contributed by atoms with Gasteiger partial charge in [0.05, 0.1) is 12.4 Å². The molecule has 0 bridgehead atoms. The van der Waals surface area contributed by atoms with Crippen LogP contribution in [0.4, 0.5) is 4.79 Å². The van der Waals surface area contributed by atoms with Gasteiger partial charge in [-0.2, -0.15) is 0 Å². The van der Waals surface area contributed by atoms with Crippen molar-refractivity contribution >= 4 is 20.7 Å². The molecular formula is C20H33N3O4Si. The van der Waals surface area contributed by atoms with E-state index < -0.39 is 8.32 Å². The summed E-state index contributed by atoms with van der Waals surface area (Å²) in [5, 5.41) is 0.112. The second-order valence-corrected chi connectivity index (χ2v) is 13.6. The zero-order valence-corrected chi connectivity index (χ0v) is 18.7. The molecular weight excluding hydrogens is 374 g/mol. The lowest BCUT2D eigenvalue weighted by Crippen LogP contribution is -2.44. The standard InChI is InChI=1S/C20H33N3O4Si/c1-7-10-26-19(25)23-13-18(27-28(5,6)20(2,3)4)11-17(23)8-9-22-12-16(14-24)21-15-22/h7,12,14-15,17-18H,1,8-11,13H2,2-6H3. The number of likely N-dealkylation sites (tertiary alicyclic amines) is 1. The monoisotopic (exact) mass is 407 g/mol. The fourth-order valence-corrected chi connectivity index (χ4v) is 4.48. The summed E-state index contributed by atoms with van der Waals surface area (Å²) in [4.78, 5) is 29.1. The Balaban J connectivity index is 2.06. The summed E-state index contributed by atoms with van der Waals surface area (Å²) in [5.41, 5.74) is 0.410. The lowest BCUT2D eigenvalue weighted by atomic mass is 10.1. The molecule has 1 fully saturated rings. The fraction of sp³-hybridized carbons (Fsp3) is 0.650. The average Bonchev–Trinajstić information content (AvgIpc) is 3.23. The van der Waals surface area contributed by atoms with Crippen LogP contribution in [0.1, 0.15) is 44.1 Å². The smallest absolute Gasteiger partial charge is 0.410 e. The molecule has 0 spiro atoms. The summed E-state index contributed by atoms with van der Waals surface area (Å²) < 4.78 is 13.7. The van der Waals surface area contributed by atoms with Crippen molar-refractivity contribution in [3.63, 3.8) is 0 Å². The van der Waals surface area contributed by atoms with Crippen LogP contribution in [0.2, 0.25) is 18.1 Å². The summed E-state index contributed by atoms with van der Waals surface area (Å²) in [6.45, 7) is 16.1. The Hall–Kier alpha value is -1.93. The highest BCUT2D eigenvalue weighted by molar-refractivity contribution is 6.74. The maximum Gasteiger partial charge on any atom is 0.410 e. The third-order valence-corrected chi connectivity index (χ3v) is 10.2. The molecule has 2 rings (SSSR count). The number of aryl methyl sites for hydroxylation is 1. The predicted octanol–water partition coefficient (Wildman–Crippen LogP) is 3.87. The van der Waals surface area contributed by atoms with E-state index in [9.17, 15) is 9.59 Å². The van der Waals surface area contributed by atoms with E-state index in [0.29, 0.717) is 18.8 Å². The summed E-state index contributed by atoms with van der Waals surface area (Å²) in [5.74, 6) is 0. The van der Waals surface area contributed by atoms with E-state index in [-0.39, 0.29) is 29.9 Å². The van der Waals surface area contributed by atoms with Crippen molar-refractivity contribution in [2.24, 2.45) is 0 Å². The molecule has 156 valence electrons. The van der Waals surface area contributed by atoms with Gasteiger partial charge in [0.2, 0.25) is 0 Å². The van der Waals surface area contributed by atoms with Gasteiger partial charge in [-0.25, -0.2) is 9.78 Å². The van der Waals surface area contributed by atoms with E-state index in [1.165, 1.54) is 0 Å². The number of aromatic nitrogens is 2. The van der Waals surface area contributed by atoms with E-state index in [2.05, 4.69) is 45.4 Å². The van der Waals surface area contributed by atoms with Gasteiger partial charge >= 0.3 is 6.09 Å². The Kier molecular flexibility index (Phi) is 7.22. The molecule has 1 aliphatic rings. The van der Waals surface area contributed by atoms with E-state index in [4.69, 9.17) is 9.16 Å². The minimum Gasteiger partial charge on any atom is -0.445 e. The van der Waals surface area contributed by atoms with Crippen molar-refractivity contribution in [2.45, 2.75) is 70.4 Å². The second-order valence-electron chi connectivity index (χ2n) is 8.85. The molecule has 2 heterocycles. The Morgan fingerprint density at radius 3 is 2.71 bits per heavy atom.